The van der Waals surface area contributed by atoms with Crippen molar-refractivity contribution >= 4 is 11.4 Å². The van der Waals surface area contributed by atoms with Gasteiger partial charge in [-0.3, -0.25) is 15.0 Å². The Morgan fingerprint density at radius 3 is 2.90 bits per heavy atom. The molecule has 0 radical (unpaired) electrons. The molecule has 1 fully saturated rings. The zero-order valence-corrected chi connectivity index (χ0v) is 11.9. The largest absolute Gasteiger partial charge is 0.393 e. The highest BCUT2D eigenvalue weighted by Gasteiger charge is 2.25. The van der Waals surface area contributed by atoms with E-state index in [1.165, 1.54) is 6.07 Å². The topological polar surface area (TPSA) is 78.6 Å². The molecule has 2 unspecified atom stereocenters. The van der Waals surface area contributed by atoms with E-state index in [-0.39, 0.29) is 22.6 Å². The lowest BCUT2D eigenvalue weighted by molar-refractivity contribution is -0.384. The van der Waals surface area contributed by atoms with Gasteiger partial charge in [0.1, 0.15) is 5.69 Å². The van der Waals surface area contributed by atoms with E-state index < -0.39 is 0 Å². The van der Waals surface area contributed by atoms with Crippen molar-refractivity contribution < 1.29 is 10.0 Å². The van der Waals surface area contributed by atoms with E-state index in [9.17, 15) is 15.2 Å². The molecule has 0 spiro atoms. The zero-order chi connectivity index (χ0) is 14.7. The van der Waals surface area contributed by atoms with Crippen LogP contribution in [-0.4, -0.2) is 41.2 Å². The third kappa shape index (κ3) is 3.08. The van der Waals surface area contributed by atoms with Crippen LogP contribution in [0.2, 0.25) is 0 Å². The molecule has 6 heteroatoms. The number of nitrogens with zero attached hydrogens (tertiary/aromatic N) is 2. The number of nitrogens with one attached hydrogen (secondary N) is 1. The quantitative estimate of drug-likeness (QED) is 0.649. The van der Waals surface area contributed by atoms with Crippen LogP contribution in [0.5, 0.6) is 0 Å². The van der Waals surface area contributed by atoms with Gasteiger partial charge >= 0.3 is 0 Å². The van der Waals surface area contributed by atoms with Crippen molar-refractivity contribution in [2.75, 3.05) is 25.5 Å². The predicted molar refractivity (Wildman–Crippen MR) is 77.7 cm³/mol. The van der Waals surface area contributed by atoms with E-state index in [2.05, 4.69) is 10.2 Å². The van der Waals surface area contributed by atoms with E-state index in [1.54, 1.807) is 13.1 Å². The Labute approximate surface area is 118 Å². The van der Waals surface area contributed by atoms with Gasteiger partial charge in [-0.25, -0.2) is 0 Å². The third-order valence-electron chi connectivity index (χ3n) is 3.91. The fraction of sp³-hybridized carbons (Fsp3) is 0.571. The van der Waals surface area contributed by atoms with Crippen molar-refractivity contribution in [3.8, 4) is 0 Å². The Bertz CT molecular complexity index is 493. The monoisotopic (exact) mass is 279 g/mol. The van der Waals surface area contributed by atoms with Crippen molar-refractivity contribution in [1.29, 1.82) is 0 Å². The number of benzene rings is 1. The Morgan fingerprint density at radius 2 is 2.30 bits per heavy atom. The molecule has 0 saturated carbocycles. The molecule has 2 atom stereocenters. The van der Waals surface area contributed by atoms with Crippen LogP contribution in [0.4, 0.5) is 11.4 Å². The number of nitro benzene ring substituents is 1. The smallest absolute Gasteiger partial charge is 0.292 e. The number of nitro groups is 1. The van der Waals surface area contributed by atoms with Gasteiger partial charge in [0.2, 0.25) is 0 Å². The molecular weight excluding hydrogens is 258 g/mol. The summed E-state index contributed by atoms with van der Waals surface area (Å²) in [6.45, 7) is 4.32. The number of hydrogen-bond donors (Lipinski definition) is 2. The molecule has 0 aromatic heterocycles. The maximum atomic E-state index is 11.0. The molecule has 0 bridgehead atoms. The summed E-state index contributed by atoms with van der Waals surface area (Å²) in [6.07, 6.45) is 0.519. The van der Waals surface area contributed by atoms with Crippen molar-refractivity contribution in [2.45, 2.75) is 26.0 Å². The van der Waals surface area contributed by atoms with Gasteiger partial charge in [0.05, 0.1) is 11.0 Å². The standard InChI is InChI=1S/C14H21N3O3/c1-10-8-16(7-6-13(10)18)9-11-4-3-5-12(17(19)20)14(11)15-2/h3-5,10,13,15,18H,6-9H2,1-2H3. The summed E-state index contributed by atoms with van der Waals surface area (Å²) in [5.74, 6) is 0.237. The Balaban J connectivity index is 2.17. The molecule has 0 amide bonds. The lowest BCUT2D eigenvalue weighted by Gasteiger charge is -2.34. The van der Waals surface area contributed by atoms with Crippen molar-refractivity contribution in [3.05, 3.63) is 33.9 Å². The van der Waals surface area contributed by atoms with Gasteiger partial charge in [-0.1, -0.05) is 19.1 Å². The normalized spacial score (nSPS) is 23.6. The van der Waals surface area contributed by atoms with Crippen LogP contribution in [-0.2, 0) is 6.54 Å². The molecule has 110 valence electrons. The summed E-state index contributed by atoms with van der Waals surface area (Å²) in [6, 6.07) is 5.14. The number of anilines is 1. The summed E-state index contributed by atoms with van der Waals surface area (Å²) in [5.41, 5.74) is 1.61. The molecule has 1 heterocycles. The van der Waals surface area contributed by atoms with Gasteiger partial charge in [-0.15, -0.1) is 0 Å². The lowest BCUT2D eigenvalue weighted by atomic mass is 9.96. The average molecular weight is 279 g/mol. The minimum atomic E-state index is -0.363. The molecule has 1 aliphatic heterocycles. The second-order valence-corrected chi connectivity index (χ2v) is 5.39. The number of rotatable bonds is 4. The minimum absolute atomic E-state index is 0.107. The summed E-state index contributed by atoms with van der Waals surface area (Å²) >= 11 is 0. The molecule has 1 aliphatic rings. The van der Waals surface area contributed by atoms with E-state index in [0.29, 0.717) is 12.2 Å². The Morgan fingerprint density at radius 1 is 1.55 bits per heavy atom. The summed E-state index contributed by atoms with van der Waals surface area (Å²) in [5, 5.41) is 23.7. The molecule has 1 aromatic rings. The highest BCUT2D eigenvalue weighted by molar-refractivity contribution is 5.66. The number of aliphatic hydroxyl groups excluding tert-OH is 1. The Hall–Kier alpha value is -1.66. The number of piperidine rings is 1. The van der Waals surface area contributed by atoms with Crippen molar-refractivity contribution in [1.82, 2.24) is 4.90 Å². The van der Waals surface area contributed by atoms with Gasteiger partial charge < -0.3 is 10.4 Å². The Kier molecular flexibility index (Phi) is 4.57. The van der Waals surface area contributed by atoms with E-state index in [4.69, 9.17) is 0 Å². The fourth-order valence-corrected chi connectivity index (χ4v) is 2.76. The maximum absolute atomic E-state index is 11.0. The van der Waals surface area contributed by atoms with Crippen LogP contribution in [0.3, 0.4) is 0 Å². The molecule has 2 N–H and O–H groups in total. The molecule has 6 nitrogen and oxygen atoms in total. The molecular formula is C14H21N3O3. The van der Waals surface area contributed by atoms with Crippen LogP contribution in [0.25, 0.3) is 0 Å². The van der Waals surface area contributed by atoms with Gasteiger partial charge in [0.15, 0.2) is 0 Å². The van der Waals surface area contributed by atoms with Crippen LogP contribution >= 0.6 is 0 Å². The molecule has 0 aliphatic carbocycles. The minimum Gasteiger partial charge on any atom is -0.393 e. The first-order valence-corrected chi connectivity index (χ1v) is 6.87. The third-order valence-corrected chi connectivity index (χ3v) is 3.91. The molecule has 2 rings (SSSR count). The highest BCUT2D eigenvalue weighted by atomic mass is 16.6. The average Bonchev–Trinajstić information content (AvgIpc) is 2.42. The van der Waals surface area contributed by atoms with Gasteiger partial charge in [-0.05, 0) is 17.9 Å². The van der Waals surface area contributed by atoms with Crippen LogP contribution in [0, 0.1) is 16.0 Å². The van der Waals surface area contributed by atoms with Crippen LogP contribution in [0.1, 0.15) is 18.9 Å². The number of hydrogen-bond acceptors (Lipinski definition) is 5. The fourth-order valence-electron chi connectivity index (χ4n) is 2.76. The SMILES string of the molecule is CNc1c(CN2CCC(O)C(C)C2)cccc1[N+](=O)[O-]. The van der Waals surface area contributed by atoms with E-state index in [1.807, 2.05) is 13.0 Å². The van der Waals surface area contributed by atoms with Crippen molar-refractivity contribution in [2.24, 2.45) is 5.92 Å². The van der Waals surface area contributed by atoms with E-state index >= 15 is 0 Å². The first kappa shape index (κ1) is 14.7. The summed E-state index contributed by atoms with van der Waals surface area (Å²) in [7, 11) is 1.70. The summed E-state index contributed by atoms with van der Waals surface area (Å²) < 4.78 is 0. The molecule has 1 saturated heterocycles. The first-order chi connectivity index (χ1) is 9.52. The summed E-state index contributed by atoms with van der Waals surface area (Å²) in [4.78, 5) is 12.9. The van der Waals surface area contributed by atoms with Gasteiger partial charge in [0, 0.05) is 32.7 Å². The van der Waals surface area contributed by atoms with Gasteiger partial charge in [0.25, 0.3) is 5.69 Å². The molecule has 1 aromatic carbocycles. The van der Waals surface area contributed by atoms with Crippen molar-refractivity contribution in [3.63, 3.8) is 0 Å². The van der Waals surface area contributed by atoms with Gasteiger partial charge in [-0.2, -0.15) is 0 Å². The molecule has 20 heavy (non-hydrogen) atoms. The number of likely N-dealkylation sites (tertiary alicyclic amines) is 1. The second-order valence-electron chi connectivity index (χ2n) is 5.39. The zero-order valence-electron chi connectivity index (χ0n) is 11.9. The maximum Gasteiger partial charge on any atom is 0.292 e. The highest BCUT2D eigenvalue weighted by Crippen LogP contribution is 2.29. The lowest BCUT2D eigenvalue weighted by Crippen LogP contribution is -2.41. The van der Waals surface area contributed by atoms with Crippen LogP contribution < -0.4 is 5.32 Å². The van der Waals surface area contributed by atoms with E-state index in [0.717, 1.165) is 25.1 Å². The number of aliphatic hydroxyl groups is 1. The van der Waals surface area contributed by atoms with Crippen LogP contribution in [0.15, 0.2) is 18.2 Å². The first-order valence-electron chi connectivity index (χ1n) is 6.87. The predicted octanol–water partition coefficient (Wildman–Crippen LogP) is 1.84. The number of para-hydroxylation sites is 1. The second kappa shape index (κ2) is 6.19.